The van der Waals surface area contributed by atoms with E-state index in [0.29, 0.717) is 12.6 Å². The Kier molecular flexibility index (Phi) is 16.0. The molecule has 0 aromatic rings. The third-order valence-corrected chi connectivity index (χ3v) is 3.07. The van der Waals surface area contributed by atoms with Crippen molar-refractivity contribution in [2.45, 2.75) is 33.2 Å². The van der Waals surface area contributed by atoms with Gasteiger partial charge in [-0.2, -0.15) is 0 Å². The molecule has 5 nitrogen and oxygen atoms in total. The van der Waals surface area contributed by atoms with E-state index in [-0.39, 0.29) is 24.0 Å². The van der Waals surface area contributed by atoms with E-state index in [1.165, 1.54) is 6.42 Å². The third kappa shape index (κ3) is 11.4. The monoisotopic (exact) mass is 386 g/mol. The number of guanidine groups is 1. The second kappa shape index (κ2) is 14.3. The molecule has 0 saturated heterocycles. The minimum absolute atomic E-state index is 0. The summed E-state index contributed by atoms with van der Waals surface area (Å²) < 4.78 is 5.26. The smallest absolute Gasteiger partial charge is 0.191 e. The Labute approximate surface area is 135 Å². The summed E-state index contributed by atoms with van der Waals surface area (Å²) in [5.41, 5.74) is 0. The van der Waals surface area contributed by atoms with Gasteiger partial charge in [-0.25, -0.2) is 0 Å². The van der Waals surface area contributed by atoms with Crippen LogP contribution in [-0.2, 0) is 4.74 Å². The number of halogens is 1. The van der Waals surface area contributed by atoms with Crippen molar-refractivity contribution in [3.63, 3.8) is 0 Å². The molecule has 0 radical (unpaired) electrons. The van der Waals surface area contributed by atoms with Crippen LogP contribution >= 0.6 is 24.0 Å². The molecule has 1 unspecified atom stereocenters. The average Bonchev–Trinajstić information content (AvgIpc) is 2.40. The minimum Gasteiger partial charge on any atom is -0.380 e. The standard InChI is InChI=1S/C13H30N4O.HI/c1-6-12(3)17(5)10-8-15-13(14-4)16-9-11-18-7-2;/h12H,6-11H2,1-5H3,(H2,14,15,16);1H. The van der Waals surface area contributed by atoms with Crippen LogP contribution in [0, 0.1) is 0 Å². The molecule has 2 N–H and O–H groups in total. The molecule has 19 heavy (non-hydrogen) atoms. The molecule has 0 heterocycles. The second-order valence-corrected chi connectivity index (χ2v) is 4.36. The largest absolute Gasteiger partial charge is 0.380 e. The van der Waals surface area contributed by atoms with Crippen molar-refractivity contribution < 1.29 is 4.74 Å². The summed E-state index contributed by atoms with van der Waals surface area (Å²) >= 11 is 0. The van der Waals surface area contributed by atoms with Crippen LogP contribution in [0.1, 0.15) is 27.2 Å². The fourth-order valence-corrected chi connectivity index (χ4v) is 1.49. The topological polar surface area (TPSA) is 48.9 Å². The molecule has 0 rings (SSSR count). The Bertz CT molecular complexity index is 227. The van der Waals surface area contributed by atoms with E-state index < -0.39 is 0 Å². The maximum absolute atomic E-state index is 5.26. The third-order valence-electron chi connectivity index (χ3n) is 3.07. The SMILES string of the molecule is CCOCCNC(=NC)NCCN(C)C(C)CC.I. The number of nitrogens with zero attached hydrogens (tertiary/aromatic N) is 2. The highest BCUT2D eigenvalue weighted by Crippen LogP contribution is 1.97. The van der Waals surface area contributed by atoms with Gasteiger partial charge in [-0.3, -0.25) is 4.99 Å². The summed E-state index contributed by atoms with van der Waals surface area (Å²) in [6.07, 6.45) is 1.18. The highest BCUT2D eigenvalue weighted by Gasteiger charge is 2.05. The quantitative estimate of drug-likeness (QED) is 0.273. The van der Waals surface area contributed by atoms with Crippen LogP contribution in [0.25, 0.3) is 0 Å². The Morgan fingerprint density at radius 3 is 2.42 bits per heavy atom. The van der Waals surface area contributed by atoms with Crippen LogP contribution in [0.5, 0.6) is 0 Å². The van der Waals surface area contributed by atoms with Gasteiger partial charge in [-0.1, -0.05) is 6.92 Å². The summed E-state index contributed by atoms with van der Waals surface area (Å²) in [6.45, 7) is 10.6. The molecule has 0 fully saturated rings. The molecular formula is C13H31IN4O. The van der Waals surface area contributed by atoms with Gasteiger partial charge in [0.15, 0.2) is 5.96 Å². The summed E-state index contributed by atoms with van der Waals surface area (Å²) in [4.78, 5) is 6.52. The molecular weight excluding hydrogens is 355 g/mol. The molecule has 0 saturated carbocycles. The van der Waals surface area contributed by atoms with Crippen LogP contribution in [0.2, 0.25) is 0 Å². The molecule has 0 spiro atoms. The zero-order valence-corrected chi connectivity index (χ0v) is 15.4. The van der Waals surface area contributed by atoms with Gasteiger partial charge in [0.1, 0.15) is 0 Å². The summed E-state index contributed by atoms with van der Waals surface area (Å²) in [7, 11) is 3.94. The highest BCUT2D eigenvalue weighted by atomic mass is 127. The molecule has 0 aromatic heterocycles. The van der Waals surface area contributed by atoms with Gasteiger partial charge in [0.2, 0.25) is 0 Å². The van der Waals surface area contributed by atoms with E-state index in [9.17, 15) is 0 Å². The number of aliphatic imine (C=N–C) groups is 1. The Morgan fingerprint density at radius 1 is 1.26 bits per heavy atom. The summed E-state index contributed by atoms with van der Waals surface area (Å²) in [5.74, 6) is 0.840. The van der Waals surface area contributed by atoms with Crippen molar-refractivity contribution in [2.75, 3.05) is 46.9 Å². The van der Waals surface area contributed by atoms with Crippen LogP contribution < -0.4 is 10.6 Å². The molecule has 1 atom stereocenters. The molecule has 0 aliphatic carbocycles. The van der Waals surface area contributed by atoms with Crippen LogP contribution in [0.4, 0.5) is 0 Å². The zero-order chi connectivity index (χ0) is 13.8. The summed E-state index contributed by atoms with van der Waals surface area (Å²) in [6, 6.07) is 0.625. The van der Waals surface area contributed by atoms with E-state index >= 15 is 0 Å². The van der Waals surface area contributed by atoms with Gasteiger partial charge in [0.05, 0.1) is 6.61 Å². The minimum atomic E-state index is 0. The predicted molar refractivity (Wildman–Crippen MR) is 93.7 cm³/mol. The molecule has 6 heteroatoms. The van der Waals surface area contributed by atoms with Crippen molar-refractivity contribution >= 4 is 29.9 Å². The Morgan fingerprint density at radius 2 is 1.89 bits per heavy atom. The molecule has 0 aliphatic heterocycles. The first-order chi connectivity index (χ1) is 8.65. The molecule has 0 aliphatic rings. The lowest BCUT2D eigenvalue weighted by Crippen LogP contribution is -2.43. The number of likely N-dealkylation sites (N-methyl/N-ethyl adjacent to an activating group) is 1. The predicted octanol–water partition coefficient (Wildman–Crippen LogP) is 1.54. The van der Waals surface area contributed by atoms with Gasteiger partial charge in [0.25, 0.3) is 0 Å². The maximum atomic E-state index is 5.26. The number of rotatable bonds is 9. The molecule has 0 amide bonds. The van der Waals surface area contributed by atoms with Crippen LogP contribution in [-0.4, -0.2) is 63.8 Å². The fourth-order valence-electron chi connectivity index (χ4n) is 1.49. The van der Waals surface area contributed by atoms with Gasteiger partial charge < -0.3 is 20.3 Å². The van der Waals surface area contributed by atoms with Crippen LogP contribution in [0.15, 0.2) is 4.99 Å². The van der Waals surface area contributed by atoms with Gasteiger partial charge >= 0.3 is 0 Å². The van der Waals surface area contributed by atoms with Crippen molar-refractivity contribution in [1.82, 2.24) is 15.5 Å². The molecule has 116 valence electrons. The molecule has 0 aromatic carbocycles. The number of nitrogens with one attached hydrogen (secondary N) is 2. The molecule has 0 bridgehead atoms. The lowest BCUT2D eigenvalue weighted by molar-refractivity contribution is 0.152. The van der Waals surface area contributed by atoms with Gasteiger partial charge in [-0.15, -0.1) is 24.0 Å². The number of ether oxygens (including phenoxy) is 1. The van der Waals surface area contributed by atoms with Crippen molar-refractivity contribution in [3.8, 4) is 0 Å². The lowest BCUT2D eigenvalue weighted by atomic mass is 10.2. The second-order valence-electron chi connectivity index (χ2n) is 4.36. The first kappa shape index (κ1) is 21.2. The van der Waals surface area contributed by atoms with Crippen LogP contribution in [0.3, 0.4) is 0 Å². The maximum Gasteiger partial charge on any atom is 0.191 e. The van der Waals surface area contributed by atoms with E-state index in [0.717, 1.165) is 32.2 Å². The first-order valence-electron chi connectivity index (χ1n) is 6.88. The van der Waals surface area contributed by atoms with E-state index in [1.54, 1.807) is 7.05 Å². The van der Waals surface area contributed by atoms with Gasteiger partial charge in [-0.05, 0) is 27.3 Å². The van der Waals surface area contributed by atoms with Gasteiger partial charge in [0, 0.05) is 39.3 Å². The van der Waals surface area contributed by atoms with Crippen molar-refractivity contribution in [3.05, 3.63) is 0 Å². The van der Waals surface area contributed by atoms with Crippen molar-refractivity contribution in [2.24, 2.45) is 4.99 Å². The summed E-state index contributed by atoms with van der Waals surface area (Å²) in [5, 5.41) is 6.51. The lowest BCUT2D eigenvalue weighted by Gasteiger charge is -2.23. The fraction of sp³-hybridized carbons (Fsp3) is 0.923. The Hall–Kier alpha value is -0.0800. The zero-order valence-electron chi connectivity index (χ0n) is 13.0. The van der Waals surface area contributed by atoms with E-state index in [4.69, 9.17) is 4.74 Å². The average molecular weight is 386 g/mol. The van der Waals surface area contributed by atoms with E-state index in [2.05, 4.69) is 41.4 Å². The number of hydrogen-bond acceptors (Lipinski definition) is 3. The first-order valence-corrected chi connectivity index (χ1v) is 6.88. The number of hydrogen-bond donors (Lipinski definition) is 2. The Balaban J connectivity index is 0. The normalized spacial score (nSPS) is 13.1. The van der Waals surface area contributed by atoms with E-state index in [1.807, 2.05) is 6.92 Å². The highest BCUT2D eigenvalue weighted by molar-refractivity contribution is 14.0. The van der Waals surface area contributed by atoms with Crippen molar-refractivity contribution in [1.29, 1.82) is 0 Å².